The highest BCUT2D eigenvalue weighted by Gasteiger charge is 2.23. The highest BCUT2D eigenvalue weighted by molar-refractivity contribution is 5.94. The number of carboxylic acids is 1. The molecule has 0 fully saturated rings. The van der Waals surface area contributed by atoms with Gasteiger partial charge in [0.25, 0.3) is 5.69 Å². The van der Waals surface area contributed by atoms with Gasteiger partial charge in [-0.15, -0.1) is 0 Å². The first-order valence-electron chi connectivity index (χ1n) is 7.15. The first kappa shape index (κ1) is 17.1. The number of carboxylic acid groups (broad SMARTS) is 1. The van der Waals surface area contributed by atoms with Gasteiger partial charge in [0.1, 0.15) is 5.56 Å². The molecule has 0 aliphatic carbocycles. The second-order valence-electron chi connectivity index (χ2n) is 5.12. The maximum Gasteiger partial charge on any atom is 0.343 e. The molecule has 116 valence electrons. The van der Waals surface area contributed by atoms with Gasteiger partial charge in [0.15, 0.2) is 0 Å². The minimum atomic E-state index is -1.27. The summed E-state index contributed by atoms with van der Waals surface area (Å²) in [6, 6.07) is 4.57. The van der Waals surface area contributed by atoms with E-state index in [0.29, 0.717) is 18.0 Å². The first-order chi connectivity index (χ1) is 9.92. The summed E-state index contributed by atoms with van der Waals surface area (Å²) in [6.07, 6.45) is 2.07. The van der Waals surface area contributed by atoms with E-state index < -0.39 is 10.9 Å². The molecule has 0 aliphatic rings. The van der Waals surface area contributed by atoms with Crippen molar-refractivity contribution in [3.63, 3.8) is 0 Å². The van der Waals surface area contributed by atoms with Crippen LogP contribution in [0.5, 0.6) is 0 Å². The number of nitrogens with one attached hydrogen (secondary N) is 1. The second-order valence-corrected chi connectivity index (χ2v) is 5.12. The van der Waals surface area contributed by atoms with Crippen molar-refractivity contribution >= 4 is 11.7 Å². The number of nitro groups is 1. The Labute approximate surface area is 124 Å². The van der Waals surface area contributed by atoms with Crippen molar-refractivity contribution in [2.75, 3.05) is 0 Å². The molecule has 1 aromatic carbocycles. The molecule has 0 saturated heterocycles. The Morgan fingerprint density at radius 1 is 1.38 bits per heavy atom. The molecule has 2 N–H and O–H groups in total. The molecule has 1 aromatic rings. The number of rotatable bonds is 8. The number of carbonyl (C=O) groups is 1. The third kappa shape index (κ3) is 4.26. The summed E-state index contributed by atoms with van der Waals surface area (Å²) in [7, 11) is 0. The van der Waals surface area contributed by atoms with Gasteiger partial charge in [-0.1, -0.05) is 38.8 Å². The van der Waals surface area contributed by atoms with Gasteiger partial charge in [-0.3, -0.25) is 10.1 Å². The average Bonchev–Trinajstić information content (AvgIpc) is 2.45. The zero-order chi connectivity index (χ0) is 16.0. The molecule has 21 heavy (non-hydrogen) atoms. The van der Waals surface area contributed by atoms with E-state index in [1.807, 2.05) is 0 Å². The summed E-state index contributed by atoms with van der Waals surface area (Å²) in [4.78, 5) is 21.6. The molecule has 1 rings (SSSR count). The topological polar surface area (TPSA) is 92.5 Å². The Balaban J connectivity index is 2.96. The molecule has 1 unspecified atom stereocenters. The monoisotopic (exact) mass is 294 g/mol. The second kappa shape index (κ2) is 7.73. The van der Waals surface area contributed by atoms with Crippen LogP contribution in [-0.2, 0) is 6.54 Å². The van der Waals surface area contributed by atoms with Crippen molar-refractivity contribution in [2.24, 2.45) is 5.92 Å². The van der Waals surface area contributed by atoms with Crippen molar-refractivity contribution < 1.29 is 14.8 Å². The first-order valence-corrected chi connectivity index (χ1v) is 7.15. The molecule has 0 aromatic heterocycles. The number of hydrogen-bond acceptors (Lipinski definition) is 4. The van der Waals surface area contributed by atoms with Crippen molar-refractivity contribution in [1.29, 1.82) is 0 Å². The van der Waals surface area contributed by atoms with Gasteiger partial charge in [0, 0.05) is 18.7 Å². The molecule has 0 spiro atoms. The van der Waals surface area contributed by atoms with E-state index in [1.54, 1.807) is 6.07 Å². The lowest BCUT2D eigenvalue weighted by atomic mass is 9.95. The molecule has 0 heterocycles. The lowest BCUT2D eigenvalue weighted by molar-refractivity contribution is -0.385. The van der Waals surface area contributed by atoms with Crippen LogP contribution in [0.25, 0.3) is 0 Å². The van der Waals surface area contributed by atoms with Crippen molar-refractivity contribution in [1.82, 2.24) is 5.32 Å². The van der Waals surface area contributed by atoms with E-state index in [4.69, 9.17) is 0 Å². The molecule has 0 bridgehead atoms. The van der Waals surface area contributed by atoms with Crippen LogP contribution >= 0.6 is 0 Å². The molecule has 0 saturated carbocycles. The van der Waals surface area contributed by atoms with E-state index >= 15 is 0 Å². The summed E-state index contributed by atoms with van der Waals surface area (Å²) in [5.41, 5.74) is -0.154. The van der Waals surface area contributed by atoms with Gasteiger partial charge in [-0.25, -0.2) is 4.79 Å². The lowest BCUT2D eigenvalue weighted by Gasteiger charge is -2.23. The van der Waals surface area contributed by atoms with Gasteiger partial charge in [-0.05, 0) is 18.4 Å². The van der Waals surface area contributed by atoms with Gasteiger partial charge in [0.2, 0.25) is 0 Å². The van der Waals surface area contributed by atoms with Crippen LogP contribution in [0.2, 0.25) is 0 Å². The molecule has 6 heteroatoms. The number of nitro benzene ring substituents is 1. The highest BCUT2D eigenvalue weighted by Crippen LogP contribution is 2.23. The van der Waals surface area contributed by atoms with Gasteiger partial charge >= 0.3 is 5.97 Å². The van der Waals surface area contributed by atoms with Crippen molar-refractivity contribution in [2.45, 2.75) is 46.2 Å². The van der Waals surface area contributed by atoms with Crippen LogP contribution in [0.4, 0.5) is 5.69 Å². The molecular formula is C15H22N2O4. The summed E-state index contributed by atoms with van der Waals surface area (Å²) in [5, 5.41) is 23.4. The molecular weight excluding hydrogens is 272 g/mol. The van der Waals surface area contributed by atoms with E-state index in [2.05, 4.69) is 26.1 Å². The normalized spacial score (nSPS) is 12.4. The van der Waals surface area contributed by atoms with Crippen LogP contribution in [0.15, 0.2) is 18.2 Å². The Hall–Kier alpha value is -1.95. The fourth-order valence-electron chi connectivity index (χ4n) is 2.57. The molecule has 0 radical (unpaired) electrons. The Morgan fingerprint density at radius 3 is 2.48 bits per heavy atom. The average molecular weight is 294 g/mol. The van der Waals surface area contributed by atoms with E-state index in [0.717, 1.165) is 12.8 Å². The minimum absolute atomic E-state index is 0.223. The fourth-order valence-corrected chi connectivity index (χ4v) is 2.57. The minimum Gasteiger partial charge on any atom is -0.477 e. The van der Waals surface area contributed by atoms with E-state index in [-0.39, 0.29) is 17.3 Å². The number of benzene rings is 1. The van der Waals surface area contributed by atoms with Gasteiger partial charge in [-0.2, -0.15) is 0 Å². The number of nitrogens with zero attached hydrogens (tertiary/aromatic N) is 1. The molecule has 1 atom stereocenters. The van der Waals surface area contributed by atoms with Crippen LogP contribution < -0.4 is 5.32 Å². The van der Waals surface area contributed by atoms with Gasteiger partial charge in [0.05, 0.1) is 4.92 Å². The zero-order valence-corrected chi connectivity index (χ0v) is 12.6. The van der Waals surface area contributed by atoms with Crippen LogP contribution in [0.1, 0.15) is 49.5 Å². The standard InChI is InChI=1S/C15H22N2O4/c1-4-11(5-2)10(3)16-9-12-7-6-8-13(17(20)21)14(12)15(18)19/h6-8,10-11,16H,4-5,9H2,1-3H3,(H,18,19). The third-order valence-electron chi connectivity index (χ3n) is 3.91. The molecule has 0 aliphatic heterocycles. The Bertz CT molecular complexity index is 512. The molecule has 6 nitrogen and oxygen atoms in total. The van der Waals surface area contributed by atoms with Crippen LogP contribution in [-0.4, -0.2) is 22.0 Å². The summed E-state index contributed by atoms with van der Waals surface area (Å²) < 4.78 is 0. The number of aromatic carboxylic acids is 1. The summed E-state index contributed by atoms with van der Waals surface area (Å²) in [6.45, 7) is 6.58. The van der Waals surface area contributed by atoms with Crippen LogP contribution in [0.3, 0.4) is 0 Å². The highest BCUT2D eigenvalue weighted by atomic mass is 16.6. The van der Waals surface area contributed by atoms with E-state index in [1.165, 1.54) is 12.1 Å². The van der Waals surface area contributed by atoms with Crippen molar-refractivity contribution in [3.05, 3.63) is 39.4 Å². The Kier molecular flexibility index (Phi) is 6.30. The SMILES string of the molecule is CCC(CC)C(C)NCc1cccc([N+](=O)[O-])c1C(=O)O. The lowest BCUT2D eigenvalue weighted by Crippen LogP contribution is -2.33. The Morgan fingerprint density at radius 2 is 2.00 bits per heavy atom. The van der Waals surface area contributed by atoms with Crippen molar-refractivity contribution in [3.8, 4) is 0 Å². The predicted molar refractivity (Wildman–Crippen MR) is 80.4 cm³/mol. The smallest absolute Gasteiger partial charge is 0.343 e. The van der Waals surface area contributed by atoms with Crippen LogP contribution in [0, 0.1) is 16.0 Å². The third-order valence-corrected chi connectivity index (χ3v) is 3.91. The number of hydrogen-bond donors (Lipinski definition) is 2. The summed E-state index contributed by atoms with van der Waals surface area (Å²) in [5.74, 6) is -0.772. The predicted octanol–water partition coefficient (Wildman–Crippen LogP) is 3.21. The maximum atomic E-state index is 11.3. The van der Waals surface area contributed by atoms with Gasteiger partial charge < -0.3 is 10.4 Å². The maximum absolute atomic E-state index is 11.3. The largest absolute Gasteiger partial charge is 0.477 e. The fraction of sp³-hybridized carbons (Fsp3) is 0.533. The zero-order valence-electron chi connectivity index (χ0n) is 12.6. The summed E-state index contributed by atoms with van der Waals surface area (Å²) >= 11 is 0. The quantitative estimate of drug-likeness (QED) is 0.567. The van der Waals surface area contributed by atoms with E-state index in [9.17, 15) is 20.0 Å². The molecule has 0 amide bonds.